The molecule has 2 aromatic rings. The van der Waals surface area contributed by atoms with E-state index in [1.165, 1.54) is 6.07 Å². The number of aliphatic hydroxyl groups excluding tert-OH is 1. The average Bonchev–Trinajstić information content (AvgIpc) is 2.54. The van der Waals surface area contributed by atoms with Crippen LogP contribution in [0.25, 0.3) is 0 Å². The summed E-state index contributed by atoms with van der Waals surface area (Å²) in [4.78, 5) is 0. The summed E-state index contributed by atoms with van der Waals surface area (Å²) in [6, 6.07) is 7.24. The standard InChI is InChI=1S/C17H18F3NO2/c1-2-14(11-5-3-4-6-16(11)23)21-15(9-22)10-7-12(18)17(20)13(19)8-10/h3-8,14-15,21-23H,2,9H2,1H3/t14-,15+/m1/s1. The van der Waals surface area contributed by atoms with Crippen LogP contribution in [-0.4, -0.2) is 16.8 Å². The van der Waals surface area contributed by atoms with E-state index in [2.05, 4.69) is 5.32 Å². The van der Waals surface area contributed by atoms with E-state index >= 15 is 0 Å². The van der Waals surface area contributed by atoms with Crippen LogP contribution in [0.3, 0.4) is 0 Å². The number of phenolic OH excluding ortho intramolecular Hbond substituents is 1. The Morgan fingerprint density at radius 3 is 2.17 bits per heavy atom. The number of hydrogen-bond donors (Lipinski definition) is 3. The summed E-state index contributed by atoms with van der Waals surface area (Å²) in [5.41, 5.74) is 0.703. The number of nitrogens with one attached hydrogen (secondary N) is 1. The van der Waals surface area contributed by atoms with Crippen LogP contribution in [0.15, 0.2) is 36.4 Å². The molecule has 2 rings (SSSR count). The summed E-state index contributed by atoms with van der Waals surface area (Å²) in [6.45, 7) is 1.43. The minimum atomic E-state index is -1.54. The highest BCUT2D eigenvalue weighted by Gasteiger charge is 2.21. The zero-order valence-corrected chi connectivity index (χ0v) is 12.6. The van der Waals surface area contributed by atoms with E-state index in [4.69, 9.17) is 0 Å². The molecular formula is C17H18F3NO2. The Balaban J connectivity index is 2.29. The second kappa shape index (κ2) is 7.48. The van der Waals surface area contributed by atoms with E-state index < -0.39 is 30.1 Å². The van der Waals surface area contributed by atoms with Crippen LogP contribution in [0.5, 0.6) is 5.75 Å². The predicted molar refractivity (Wildman–Crippen MR) is 80.4 cm³/mol. The van der Waals surface area contributed by atoms with E-state index in [9.17, 15) is 23.4 Å². The van der Waals surface area contributed by atoms with E-state index in [1.807, 2.05) is 6.92 Å². The SMILES string of the molecule is CC[C@@H](N[C@@H](CO)c1cc(F)c(F)c(F)c1)c1ccccc1O. The fraction of sp³-hybridized carbons (Fsp3) is 0.294. The molecule has 0 saturated heterocycles. The van der Waals surface area contributed by atoms with Gasteiger partial charge in [-0.2, -0.15) is 0 Å². The molecule has 0 saturated carbocycles. The molecule has 0 spiro atoms. The maximum atomic E-state index is 13.4. The summed E-state index contributed by atoms with van der Waals surface area (Å²) in [7, 11) is 0. The Morgan fingerprint density at radius 2 is 1.65 bits per heavy atom. The molecule has 6 heteroatoms. The van der Waals surface area contributed by atoms with Crippen LogP contribution in [0.4, 0.5) is 13.2 Å². The molecule has 0 fully saturated rings. The summed E-state index contributed by atoms with van der Waals surface area (Å²) in [5, 5.41) is 22.5. The molecule has 0 amide bonds. The summed E-state index contributed by atoms with van der Waals surface area (Å²) < 4.78 is 39.8. The highest BCUT2D eigenvalue weighted by Crippen LogP contribution is 2.29. The molecule has 2 aromatic carbocycles. The predicted octanol–water partition coefficient (Wildman–Crippen LogP) is 3.58. The van der Waals surface area contributed by atoms with Gasteiger partial charge in [-0.3, -0.25) is 0 Å². The Bertz CT molecular complexity index is 656. The van der Waals surface area contributed by atoms with Gasteiger partial charge in [0.15, 0.2) is 17.5 Å². The van der Waals surface area contributed by atoms with E-state index in [-0.39, 0.29) is 17.4 Å². The molecule has 124 valence electrons. The average molecular weight is 325 g/mol. The van der Waals surface area contributed by atoms with Crippen molar-refractivity contribution in [2.75, 3.05) is 6.61 Å². The third kappa shape index (κ3) is 3.83. The maximum Gasteiger partial charge on any atom is 0.194 e. The minimum absolute atomic E-state index is 0.0833. The van der Waals surface area contributed by atoms with Crippen molar-refractivity contribution in [3.05, 3.63) is 65.0 Å². The van der Waals surface area contributed by atoms with Crippen molar-refractivity contribution < 1.29 is 23.4 Å². The number of halogens is 3. The monoisotopic (exact) mass is 325 g/mol. The number of hydrogen-bond acceptors (Lipinski definition) is 3. The molecule has 0 heterocycles. The van der Waals surface area contributed by atoms with E-state index in [1.54, 1.807) is 18.2 Å². The van der Waals surface area contributed by atoms with E-state index in [0.717, 1.165) is 12.1 Å². The number of aromatic hydroxyl groups is 1. The second-order valence-corrected chi connectivity index (χ2v) is 5.22. The molecule has 3 nitrogen and oxygen atoms in total. The summed E-state index contributed by atoms with van der Waals surface area (Å²) in [6.07, 6.45) is 0.570. The van der Waals surface area contributed by atoms with Gasteiger partial charge in [0.2, 0.25) is 0 Å². The fourth-order valence-electron chi connectivity index (χ4n) is 2.48. The number of aliphatic hydroxyl groups is 1. The molecule has 0 unspecified atom stereocenters. The van der Waals surface area contributed by atoms with Crippen molar-refractivity contribution in [2.45, 2.75) is 25.4 Å². The third-order valence-corrected chi connectivity index (χ3v) is 3.71. The van der Waals surface area contributed by atoms with E-state index in [0.29, 0.717) is 12.0 Å². The lowest BCUT2D eigenvalue weighted by Crippen LogP contribution is -2.29. The molecule has 0 aliphatic rings. The third-order valence-electron chi connectivity index (χ3n) is 3.71. The van der Waals surface area contributed by atoms with Gasteiger partial charge in [0, 0.05) is 11.6 Å². The van der Waals surface area contributed by atoms with Gasteiger partial charge in [0.25, 0.3) is 0 Å². The Labute approximate surface area is 132 Å². The molecule has 0 bridgehead atoms. The Morgan fingerprint density at radius 1 is 1.04 bits per heavy atom. The van der Waals surface area contributed by atoms with Crippen LogP contribution >= 0.6 is 0 Å². The number of para-hydroxylation sites is 1. The normalized spacial score (nSPS) is 13.8. The quantitative estimate of drug-likeness (QED) is 0.712. The van der Waals surface area contributed by atoms with Crippen molar-refractivity contribution >= 4 is 0 Å². The topological polar surface area (TPSA) is 52.5 Å². The number of phenols is 1. The summed E-state index contributed by atoms with van der Waals surface area (Å²) >= 11 is 0. The van der Waals surface area contributed by atoms with Gasteiger partial charge in [-0.05, 0) is 30.2 Å². The smallest absolute Gasteiger partial charge is 0.194 e. The van der Waals surface area contributed by atoms with Gasteiger partial charge in [0.05, 0.1) is 12.6 Å². The molecule has 0 radical (unpaired) electrons. The molecule has 2 atom stereocenters. The van der Waals surface area contributed by atoms with Crippen LogP contribution < -0.4 is 5.32 Å². The first-order valence-corrected chi connectivity index (χ1v) is 7.27. The van der Waals surface area contributed by atoms with Crippen molar-refractivity contribution in [1.29, 1.82) is 0 Å². The molecule has 23 heavy (non-hydrogen) atoms. The minimum Gasteiger partial charge on any atom is -0.508 e. The molecule has 3 N–H and O–H groups in total. The van der Waals surface area contributed by atoms with Gasteiger partial charge in [-0.15, -0.1) is 0 Å². The van der Waals surface area contributed by atoms with Crippen molar-refractivity contribution in [1.82, 2.24) is 5.32 Å². The number of benzene rings is 2. The lowest BCUT2D eigenvalue weighted by molar-refractivity contribution is 0.230. The zero-order chi connectivity index (χ0) is 17.0. The van der Waals surface area contributed by atoms with Gasteiger partial charge in [0.1, 0.15) is 5.75 Å². The Hall–Kier alpha value is -2.05. The van der Waals surface area contributed by atoms with Crippen LogP contribution in [-0.2, 0) is 0 Å². The van der Waals surface area contributed by atoms with Crippen molar-refractivity contribution in [2.24, 2.45) is 0 Å². The zero-order valence-electron chi connectivity index (χ0n) is 12.6. The molecule has 0 aromatic heterocycles. The van der Waals surface area contributed by atoms with Gasteiger partial charge in [-0.25, -0.2) is 13.2 Å². The van der Waals surface area contributed by atoms with Gasteiger partial charge < -0.3 is 15.5 Å². The molecule has 0 aliphatic heterocycles. The highest BCUT2D eigenvalue weighted by molar-refractivity contribution is 5.35. The lowest BCUT2D eigenvalue weighted by Gasteiger charge is -2.25. The largest absolute Gasteiger partial charge is 0.508 e. The first-order valence-electron chi connectivity index (χ1n) is 7.27. The van der Waals surface area contributed by atoms with Gasteiger partial charge >= 0.3 is 0 Å². The Kier molecular flexibility index (Phi) is 5.63. The number of rotatable bonds is 6. The first-order chi connectivity index (χ1) is 11.0. The maximum absolute atomic E-state index is 13.4. The van der Waals surface area contributed by atoms with Crippen LogP contribution in [0, 0.1) is 17.5 Å². The molecule has 0 aliphatic carbocycles. The van der Waals surface area contributed by atoms with Gasteiger partial charge in [-0.1, -0.05) is 25.1 Å². The second-order valence-electron chi connectivity index (χ2n) is 5.22. The first kappa shape index (κ1) is 17.3. The van der Waals surface area contributed by atoms with Crippen LogP contribution in [0.2, 0.25) is 0 Å². The highest BCUT2D eigenvalue weighted by atomic mass is 19.2. The molecular weight excluding hydrogens is 307 g/mol. The lowest BCUT2D eigenvalue weighted by atomic mass is 10.00. The fourth-order valence-corrected chi connectivity index (χ4v) is 2.48. The van der Waals surface area contributed by atoms with Crippen LogP contribution in [0.1, 0.15) is 36.6 Å². The van der Waals surface area contributed by atoms with Crippen molar-refractivity contribution in [3.63, 3.8) is 0 Å². The van der Waals surface area contributed by atoms with Crippen molar-refractivity contribution in [3.8, 4) is 5.75 Å². The summed E-state index contributed by atoms with van der Waals surface area (Å²) in [5.74, 6) is -4.08.